The molecule has 0 bridgehead atoms. The molecule has 1 aromatic rings. The maximum absolute atomic E-state index is 13.1. The van der Waals surface area contributed by atoms with Crippen molar-refractivity contribution in [3.63, 3.8) is 0 Å². The van der Waals surface area contributed by atoms with Crippen LogP contribution in [0.2, 0.25) is 0 Å². The van der Waals surface area contributed by atoms with Crippen molar-refractivity contribution in [2.75, 3.05) is 19.0 Å². The molecule has 18 heavy (non-hydrogen) atoms. The van der Waals surface area contributed by atoms with Gasteiger partial charge in [0.15, 0.2) is 0 Å². The van der Waals surface area contributed by atoms with Gasteiger partial charge in [-0.05, 0) is 25.1 Å². The Kier molecular flexibility index (Phi) is 5.31. The third-order valence-electron chi connectivity index (χ3n) is 2.29. The first-order valence-corrected chi connectivity index (χ1v) is 5.40. The summed E-state index contributed by atoms with van der Waals surface area (Å²) < 4.78 is 18.0. The highest BCUT2D eigenvalue weighted by Gasteiger charge is 2.13. The molecule has 96 valence electrons. The van der Waals surface area contributed by atoms with Crippen LogP contribution in [0.3, 0.4) is 0 Å². The van der Waals surface area contributed by atoms with Gasteiger partial charge in [-0.1, -0.05) is 11.8 Å². The molecule has 0 spiro atoms. The van der Waals surface area contributed by atoms with E-state index in [0.717, 1.165) is 0 Å². The first-order chi connectivity index (χ1) is 8.58. The van der Waals surface area contributed by atoms with Crippen LogP contribution in [0, 0.1) is 17.7 Å². The number of hydrogen-bond donors (Lipinski definition) is 2. The van der Waals surface area contributed by atoms with Crippen LogP contribution in [0.15, 0.2) is 18.2 Å². The van der Waals surface area contributed by atoms with E-state index in [0.29, 0.717) is 11.3 Å². The van der Waals surface area contributed by atoms with Gasteiger partial charge in [0.25, 0.3) is 5.91 Å². The van der Waals surface area contributed by atoms with E-state index < -0.39 is 11.9 Å². The Bertz CT molecular complexity index is 491. The minimum absolute atomic E-state index is 0.165. The molecule has 1 unspecified atom stereocenters. The van der Waals surface area contributed by atoms with Gasteiger partial charge in [0.05, 0.1) is 17.8 Å². The molecule has 1 rings (SSSR count). The molecule has 1 amide bonds. The van der Waals surface area contributed by atoms with Gasteiger partial charge in [-0.2, -0.15) is 0 Å². The molecule has 0 aliphatic carbocycles. The molecule has 4 nitrogen and oxygen atoms in total. The van der Waals surface area contributed by atoms with Crippen LogP contribution in [0.4, 0.5) is 10.1 Å². The highest BCUT2D eigenvalue weighted by atomic mass is 19.1. The molecule has 1 atom stereocenters. The highest BCUT2D eigenvalue weighted by molar-refractivity contribution is 5.95. The van der Waals surface area contributed by atoms with Gasteiger partial charge >= 0.3 is 0 Å². The van der Waals surface area contributed by atoms with Crippen molar-refractivity contribution in [3.05, 3.63) is 29.6 Å². The van der Waals surface area contributed by atoms with Crippen molar-refractivity contribution in [3.8, 4) is 11.8 Å². The lowest BCUT2D eigenvalue weighted by Crippen LogP contribution is -2.26. The first-order valence-electron chi connectivity index (χ1n) is 5.40. The van der Waals surface area contributed by atoms with Crippen LogP contribution in [0.5, 0.6) is 0 Å². The number of nitrogens with one attached hydrogen (secondary N) is 1. The Labute approximate surface area is 105 Å². The fourth-order valence-electron chi connectivity index (χ4n) is 1.22. The van der Waals surface area contributed by atoms with Crippen molar-refractivity contribution in [2.45, 2.75) is 13.0 Å². The Hall–Kier alpha value is -1.90. The number of hydrogen-bond acceptors (Lipinski definition) is 3. The summed E-state index contributed by atoms with van der Waals surface area (Å²) in [6, 6.07) is 3.95. The van der Waals surface area contributed by atoms with Crippen LogP contribution in [0.1, 0.15) is 12.5 Å². The molecular weight excluding hydrogens is 235 g/mol. The molecule has 5 heteroatoms. The summed E-state index contributed by atoms with van der Waals surface area (Å²) in [6.07, 6.45) is -0.592. The second-order valence-corrected chi connectivity index (χ2v) is 3.56. The molecule has 0 fully saturated rings. The Morgan fingerprint density at radius 2 is 2.33 bits per heavy atom. The third kappa shape index (κ3) is 3.84. The third-order valence-corrected chi connectivity index (χ3v) is 2.29. The van der Waals surface area contributed by atoms with Crippen molar-refractivity contribution < 1.29 is 13.9 Å². The Morgan fingerprint density at radius 3 is 2.94 bits per heavy atom. The highest BCUT2D eigenvalue weighted by Crippen LogP contribution is 2.16. The lowest BCUT2D eigenvalue weighted by Gasteiger charge is -2.11. The van der Waals surface area contributed by atoms with Crippen LogP contribution in [-0.4, -0.2) is 25.7 Å². The molecule has 0 saturated heterocycles. The lowest BCUT2D eigenvalue weighted by molar-refractivity contribution is -0.124. The van der Waals surface area contributed by atoms with Crippen molar-refractivity contribution in [1.82, 2.24) is 0 Å². The molecule has 0 aliphatic rings. The molecular formula is C13H15FN2O2. The normalized spacial score (nSPS) is 11.3. The number of carbonyl (C=O) groups excluding carboxylic acids is 1. The van der Waals surface area contributed by atoms with Crippen molar-refractivity contribution in [1.29, 1.82) is 0 Å². The van der Waals surface area contributed by atoms with E-state index in [-0.39, 0.29) is 12.5 Å². The number of methoxy groups -OCH3 is 1. The average Bonchev–Trinajstić information content (AvgIpc) is 2.37. The van der Waals surface area contributed by atoms with Crippen LogP contribution in [0.25, 0.3) is 0 Å². The first kappa shape index (κ1) is 14.2. The van der Waals surface area contributed by atoms with E-state index in [9.17, 15) is 9.18 Å². The van der Waals surface area contributed by atoms with Gasteiger partial charge in [-0.25, -0.2) is 4.39 Å². The van der Waals surface area contributed by atoms with Crippen molar-refractivity contribution >= 4 is 11.6 Å². The smallest absolute Gasteiger partial charge is 0.253 e. The number of ether oxygens (including phenoxy) is 1. The maximum atomic E-state index is 13.1. The quantitative estimate of drug-likeness (QED) is 0.790. The summed E-state index contributed by atoms with van der Waals surface area (Å²) in [5.41, 5.74) is 6.08. The predicted molar refractivity (Wildman–Crippen MR) is 67.4 cm³/mol. The molecule has 0 heterocycles. The van der Waals surface area contributed by atoms with E-state index in [4.69, 9.17) is 10.5 Å². The second kappa shape index (κ2) is 6.74. The fraction of sp³-hybridized carbons (Fsp3) is 0.308. The Balaban J connectivity index is 2.97. The molecule has 0 saturated carbocycles. The van der Waals surface area contributed by atoms with E-state index in [1.165, 1.54) is 25.3 Å². The lowest BCUT2D eigenvalue weighted by atomic mass is 10.1. The molecule has 0 radical (unpaired) electrons. The SMILES string of the molecule is COC(C)C(=O)Nc1ccc(F)cc1C#CCN. The summed E-state index contributed by atoms with van der Waals surface area (Å²) in [5, 5.41) is 2.62. The number of amides is 1. The molecule has 0 aliphatic heterocycles. The molecule has 3 N–H and O–H groups in total. The van der Waals surface area contributed by atoms with Crippen molar-refractivity contribution in [2.24, 2.45) is 5.73 Å². The van der Waals surface area contributed by atoms with Crippen LogP contribution in [-0.2, 0) is 9.53 Å². The van der Waals surface area contributed by atoms with E-state index in [1.807, 2.05) is 0 Å². The molecule has 0 aromatic heterocycles. The van der Waals surface area contributed by atoms with E-state index in [1.54, 1.807) is 6.92 Å². The van der Waals surface area contributed by atoms with E-state index >= 15 is 0 Å². The summed E-state index contributed by atoms with van der Waals surface area (Å²) in [7, 11) is 1.43. The summed E-state index contributed by atoms with van der Waals surface area (Å²) in [4.78, 5) is 11.7. The summed E-state index contributed by atoms with van der Waals surface area (Å²) in [6.45, 7) is 1.78. The topological polar surface area (TPSA) is 64.3 Å². The minimum atomic E-state index is -0.592. The van der Waals surface area contributed by atoms with Gasteiger partial charge in [0.2, 0.25) is 0 Å². The van der Waals surface area contributed by atoms with Crippen LogP contribution < -0.4 is 11.1 Å². The number of halogens is 1. The predicted octanol–water partition coefficient (Wildman–Crippen LogP) is 1.11. The average molecular weight is 250 g/mol. The number of carbonyl (C=O) groups is 1. The van der Waals surface area contributed by atoms with Gasteiger partial charge in [-0.15, -0.1) is 0 Å². The zero-order chi connectivity index (χ0) is 13.5. The number of nitrogens with two attached hydrogens (primary N) is 1. The number of benzene rings is 1. The van der Waals surface area contributed by atoms with Gasteiger partial charge in [0.1, 0.15) is 11.9 Å². The summed E-state index contributed by atoms with van der Waals surface area (Å²) in [5.74, 6) is 4.58. The number of rotatable bonds is 3. The zero-order valence-electron chi connectivity index (χ0n) is 10.3. The number of anilines is 1. The second-order valence-electron chi connectivity index (χ2n) is 3.56. The maximum Gasteiger partial charge on any atom is 0.253 e. The van der Waals surface area contributed by atoms with E-state index in [2.05, 4.69) is 17.2 Å². The monoisotopic (exact) mass is 250 g/mol. The minimum Gasteiger partial charge on any atom is -0.372 e. The largest absolute Gasteiger partial charge is 0.372 e. The Morgan fingerprint density at radius 1 is 1.61 bits per heavy atom. The standard InChI is InChI=1S/C13H15FN2O2/c1-9(18-2)13(17)16-12-6-5-11(14)8-10(12)4-3-7-15/h5-6,8-9H,7,15H2,1-2H3,(H,16,17). The summed E-state index contributed by atoms with van der Waals surface area (Å²) >= 11 is 0. The van der Waals surface area contributed by atoms with Crippen LogP contribution >= 0.6 is 0 Å². The van der Waals surface area contributed by atoms with Gasteiger partial charge in [0, 0.05) is 7.11 Å². The zero-order valence-corrected chi connectivity index (χ0v) is 10.3. The van der Waals surface area contributed by atoms with Gasteiger partial charge < -0.3 is 15.8 Å². The van der Waals surface area contributed by atoms with Gasteiger partial charge in [-0.3, -0.25) is 4.79 Å². The molecule has 1 aromatic carbocycles. The fourth-order valence-corrected chi connectivity index (χ4v) is 1.22.